The van der Waals surface area contributed by atoms with Gasteiger partial charge in [-0.3, -0.25) is 0 Å². The van der Waals surface area contributed by atoms with Gasteiger partial charge in [0.2, 0.25) is 5.88 Å². The molecule has 10 heteroatoms. The first-order chi connectivity index (χ1) is 8.98. The van der Waals surface area contributed by atoms with Crippen LogP contribution in [0, 0.1) is 6.92 Å². The molecule has 1 rings (SSSR count). The molecular formula is C10H10F6N2O2. The summed E-state index contributed by atoms with van der Waals surface area (Å²) >= 11 is 0. The molecule has 0 unspecified atom stereocenters. The zero-order valence-electron chi connectivity index (χ0n) is 10.1. The maximum Gasteiger partial charge on any atom is 0.422 e. The topological polar surface area (TPSA) is 57.4 Å². The number of hydrogen-bond acceptors (Lipinski definition) is 4. The fraction of sp³-hybridized carbons (Fsp3) is 0.500. The maximum atomic E-state index is 12.0. The number of pyridine rings is 1. The molecule has 0 bridgehead atoms. The number of anilines is 1. The molecule has 20 heavy (non-hydrogen) atoms. The maximum absolute atomic E-state index is 12.0. The fourth-order valence-corrected chi connectivity index (χ4v) is 1.16. The number of nitrogens with two attached hydrogens (primary N) is 1. The number of ether oxygens (including phenoxy) is 2. The molecule has 0 aliphatic rings. The van der Waals surface area contributed by atoms with Crippen LogP contribution in [0.2, 0.25) is 0 Å². The third kappa shape index (κ3) is 5.41. The van der Waals surface area contributed by atoms with Crippen LogP contribution in [0.4, 0.5) is 32.0 Å². The van der Waals surface area contributed by atoms with E-state index in [1.165, 1.54) is 6.92 Å². The smallest absolute Gasteiger partial charge is 0.422 e. The zero-order chi connectivity index (χ0) is 15.6. The minimum Gasteiger partial charge on any atom is -0.482 e. The number of nitrogens with zero attached hydrogens (tertiary/aromatic N) is 1. The van der Waals surface area contributed by atoms with E-state index in [9.17, 15) is 26.3 Å². The summed E-state index contributed by atoms with van der Waals surface area (Å²) in [7, 11) is 0. The van der Waals surface area contributed by atoms with Crippen molar-refractivity contribution in [2.24, 2.45) is 0 Å². The first-order valence-electron chi connectivity index (χ1n) is 5.14. The van der Waals surface area contributed by atoms with Crippen molar-refractivity contribution < 1.29 is 35.8 Å². The van der Waals surface area contributed by atoms with E-state index in [4.69, 9.17) is 5.73 Å². The predicted molar refractivity (Wildman–Crippen MR) is 56.5 cm³/mol. The molecule has 114 valence electrons. The normalized spacial score (nSPS) is 12.3. The van der Waals surface area contributed by atoms with E-state index < -0.39 is 42.9 Å². The molecule has 0 radical (unpaired) electrons. The van der Waals surface area contributed by atoms with Gasteiger partial charge in [-0.1, -0.05) is 0 Å². The Balaban J connectivity index is 2.89. The molecule has 0 aromatic carbocycles. The molecule has 4 nitrogen and oxygen atoms in total. The Morgan fingerprint density at radius 2 is 1.55 bits per heavy atom. The monoisotopic (exact) mass is 304 g/mol. The SMILES string of the molecule is Cc1cc(OCC(F)(F)F)c(N)c(OCC(F)(F)F)n1. The highest BCUT2D eigenvalue weighted by Crippen LogP contribution is 2.32. The Morgan fingerprint density at radius 3 is 2.05 bits per heavy atom. The molecule has 0 saturated carbocycles. The Bertz CT molecular complexity index is 433. The number of aromatic nitrogens is 1. The molecule has 1 heterocycles. The summed E-state index contributed by atoms with van der Waals surface area (Å²) in [4.78, 5) is 3.57. The van der Waals surface area contributed by atoms with Crippen LogP contribution in [-0.4, -0.2) is 30.6 Å². The summed E-state index contributed by atoms with van der Waals surface area (Å²) < 4.78 is 80.8. The zero-order valence-corrected chi connectivity index (χ0v) is 10.1. The minimum atomic E-state index is -4.62. The van der Waals surface area contributed by atoms with Crippen LogP contribution in [0.1, 0.15) is 5.69 Å². The Morgan fingerprint density at radius 1 is 1.05 bits per heavy atom. The molecule has 1 aromatic rings. The highest BCUT2D eigenvalue weighted by atomic mass is 19.4. The van der Waals surface area contributed by atoms with E-state index >= 15 is 0 Å². The molecule has 0 aliphatic carbocycles. The first-order valence-corrected chi connectivity index (χ1v) is 5.14. The van der Waals surface area contributed by atoms with Crippen molar-refractivity contribution in [3.05, 3.63) is 11.8 Å². The molecule has 0 atom stereocenters. The summed E-state index contributed by atoms with van der Waals surface area (Å²) in [5, 5.41) is 0. The Hall–Kier alpha value is -1.87. The van der Waals surface area contributed by atoms with Gasteiger partial charge in [0.1, 0.15) is 11.4 Å². The van der Waals surface area contributed by atoms with E-state index in [-0.39, 0.29) is 5.69 Å². The average Bonchev–Trinajstić information content (AvgIpc) is 2.25. The number of nitrogen functional groups attached to an aromatic ring is 1. The lowest BCUT2D eigenvalue weighted by Gasteiger charge is -2.15. The van der Waals surface area contributed by atoms with Gasteiger partial charge in [-0.05, 0) is 6.92 Å². The lowest BCUT2D eigenvalue weighted by Crippen LogP contribution is -2.21. The van der Waals surface area contributed by atoms with Crippen molar-refractivity contribution >= 4 is 5.69 Å². The van der Waals surface area contributed by atoms with Crippen LogP contribution in [0.5, 0.6) is 11.6 Å². The second kappa shape index (κ2) is 5.63. The second-order valence-electron chi connectivity index (χ2n) is 3.79. The van der Waals surface area contributed by atoms with Gasteiger partial charge in [0.25, 0.3) is 0 Å². The van der Waals surface area contributed by atoms with Crippen LogP contribution in [0.3, 0.4) is 0 Å². The largest absolute Gasteiger partial charge is 0.482 e. The van der Waals surface area contributed by atoms with Gasteiger partial charge in [0.15, 0.2) is 13.2 Å². The third-order valence-electron chi connectivity index (χ3n) is 1.88. The van der Waals surface area contributed by atoms with Gasteiger partial charge in [0, 0.05) is 11.8 Å². The van der Waals surface area contributed by atoms with Gasteiger partial charge in [0.05, 0.1) is 0 Å². The number of rotatable bonds is 4. The summed E-state index contributed by atoms with van der Waals surface area (Å²) in [5.74, 6) is -1.06. The van der Waals surface area contributed by atoms with Crippen LogP contribution in [-0.2, 0) is 0 Å². The minimum absolute atomic E-state index is 0.105. The van der Waals surface area contributed by atoms with Crippen LogP contribution in [0.15, 0.2) is 6.07 Å². The summed E-state index contributed by atoms with van der Waals surface area (Å²) in [6.45, 7) is -1.94. The van der Waals surface area contributed by atoms with Crippen molar-refractivity contribution in [2.45, 2.75) is 19.3 Å². The van der Waals surface area contributed by atoms with Crippen molar-refractivity contribution in [3.8, 4) is 11.6 Å². The van der Waals surface area contributed by atoms with E-state index in [0.29, 0.717) is 0 Å². The molecule has 0 spiro atoms. The van der Waals surface area contributed by atoms with Crippen LogP contribution >= 0.6 is 0 Å². The molecule has 1 aromatic heterocycles. The lowest BCUT2D eigenvalue weighted by molar-refractivity contribution is -0.154. The van der Waals surface area contributed by atoms with Crippen molar-refractivity contribution in [2.75, 3.05) is 18.9 Å². The molecular weight excluding hydrogens is 294 g/mol. The summed E-state index contributed by atoms with van der Waals surface area (Å²) in [5.41, 5.74) is 4.94. The van der Waals surface area contributed by atoms with Crippen molar-refractivity contribution in [1.29, 1.82) is 0 Å². The highest BCUT2D eigenvalue weighted by Gasteiger charge is 2.31. The molecule has 0 aliphatic heterocycles. The number of aryl methyl sites for hydroxylation is 1. The number of hydrogen-bond donors (Lipinski definition) is 1. The quantitative estimate of drug-likeness (QED) is 0.869. The van der Waals surface area contributed by atoms with Crippen LogP contribution in [0.25, 0.3) is 0 Å². The van der Waals surface area contributed by atoms with Crippen molar-refractivity contribution in [3.63, 3.8) is 0 Å². The molecule has 2 N–H and O–H groups in total. The Labute approximate surface area is 109 Å². The molecule has 0 amide bonds. The van der Waals surface area contributed by atoms with Gasteiger partial charge in [-0.15, -0.1) is 0 Å². The van der Waals surface area contributed by atoms with Gasteiger partial charge in [-0.2, -0.15) is 26.3 Å². The first kappa shape index (κ1) is 16.2. The summed E-state index contributed by atoms with van der Waals surface area (Å²) in [6, 6.07) is 1.07. The highest BCUT2D eigenvalue weighted by molar-refractivity contribution is 5.60. The van der Waals surface area contributed by atoms with Gasteiger partial charge < -0.3 is 15.2 Å². The number of alkyl halides is 6. The summed E-state index contributed by atoms with van der Waals surface area (Å²) in [6.07, 6.45) is -9.22. The molecule has 0 fully saturated rings. The average molecular weight is 304 g/mol. The van der Waals surface area contributed by atoms with E-state index in [0.717, 1.165) is 6.07 Å². The predicted octanol–water partition coefficient (Wildman–Crippen LogP) is 2.85. The fourth-order valence-electron chi connectivity index (χ4n) is 1.16. The van der Waals surface area contributed by atoms with E-state index in [1.807, 2.05) is 0 Å². The Kier molecular flexibility index (Phi) is 4.56. The second-order valence-corrected chi connectivity index (χ2v) is 3.79. The van der Waals surface area contributed by atoms with Crippen LogP contribution < -0.4 is 15.2 Å². The van der Waals surface area contributed by atoms with Gasteiger partial charge in [-0.25, -0.2) is 4.98 Å². The lowest BCUT2D eigenvalue weighted by atomic mass is 10.3. The molecule has 0 saturated heterocycles. The standard InChI is InChI=1S/C10H10F6N2O2/c1-5-2-6(19-3-9(11,12)13)7(17)8(18-5)20-4-10(14,15)16/h2H,3-4,17H2,1H3. The van der Waals surface area contributed by atoms with Crippen molar-refractivity contribution in [1.82, 2.24) is 4.98 Å². The third-order valence-corrected chi connectivity index (χ3v) is 1.88. The van der Waals surface area contributed by atoms with E-state index in [1.54, 1.807) is 0 Å². The van der Waals surface area contributed by atoms with E-state index in [2.05, 4.69) is 14.5 Å². The number of halogens is 6. The van der Waals surface area contributed by atoms with Gasteiger partial charge >= 0.3 is 12.4 Å².